The number of piperidine rings is 1. The number of halogens is 1. The average molecular weight is 308 g/mol. The number of hydrogen-bond acceptors (Lipinski definition) is 3. The lowest BCUT2D eigenvalue weighted by molar-refractivity contribution is 0.0710. The molecule has 1 unspecified atom stereocenters. The van der Waals surface area contributed by atoms with Crippen LogP contribution in [0.15, 0.2) is 0 Å². The first kappa shape index (κ1) is 15.4. The van der Waals surface area contributed by atoms with Gasteiger partial charge in [-0.05, 0) is 38.1 Å². The monoisotopic (exact) mass is 307 g/mol. The smallest absolute Gasteiger partial charge is 0.0593 e. The third kappa shape index (κ3) is 7.39. The van der Waals surface area contributed by atoms with Crippen molar-refractivity contribution < 1.29 is 9.47 Å². The number of likely N-dealkylation sites (tertiary alicyclic amines) is 1. The molecular weight excluding hydrogens is 282 g/mol. The minimum Gasteiger partial charge on any atom is -0.385 e. The molecule has 3 nitrogen and oxygen atoms in total. The van der Waals surface area contributed by atoms with Crippen molar-refractivity contribution in [3.05, 3.63) is 0 Å². The highest BCUT2D eigenvalue weighted by molar-refractivity contribution is 9.09. The minimum atomic E-state index is 0.803. The van der Waals surface area contributed by atoms with Gasteiger partial charge in [0.1, 0.15) is 0 Å². The first-order valence-corrected chi connectivity index (χ1v) is 7.84. The number of alkyl halides is 1. The van der Waals surface area contributed by atoms with Crippen LogP contribution in [0, 0.1) is 5.92 Å². The molecule has 0 aliphatic carbocycles. The highest BCUT2D eigenvalue weighted by Crippen LogP contribution is 2.19. The second-order valence-electron chi connectivity index (χ2n) is 4.75. The molecule has 1 aliphatic heterocycles. The van der Waals surface area contributed by atoms with Crippen molar-refractivity contribution >= 4 is 15.9 Å². The van der Waals surface area contributed by atoms with Crippen LogP contribution >= 0.6 is 15.9 Å². The Hall–Kier alpha value is 0.360. The van der Waals surface area contributed by atoms with Crippen molar-refractivity contribution in [1.82, 2.24) is 4.90 Å². The van der Waals surface area contributed by atoms with Crippen molar-refractivity contribution in [1.29, 1.82) is 0 Å². The molecule has 1 heterocycles. The second-order valence-corrected chi connectivity index (χ2v) is 5.54. The highest BCUT2D eigenvalue weighted by Gasteiger charge is 2.18. The average Bonchev–Trinajstić information content (AvgIpc) is 2.35. The number of ether oxygens (including phenoxy) is 2. The van der Waals surface area contributed by atoms with Crippen LogP contribution in [0.1, 0.15) is 25.7 Å². The Kier molecular flexibility index (Phi) is 9.34. The molecule has 1 fully saturated rings. The molecular formula is C13H26BrNO2. The van der Waals surface area contributed by atoms with Gasteiger partial charge in [-0.3, -0.25) is 0 Å². The Balaban J connectivity index is 1.98. The summed E-state index contributed by atoms with van der Waals surface area (Å²) < 4.78 is 10.6. The normalized spacial score (nSPS) is 21.9. The summed E-state index contributed by atoms with van der Waals surface area (Å²) in [6.45, 7) is 6.09. The molecule has 1 atom stereocenters. The summed E-state index contributed by atoms with van der Waals surface area (Å²) in [5, 5.41) is 1.14. The SMILES string of the molecule is COCCCOCCN1CCCC(CCBr)C1. The van der Waals surface area contributed by atoms with Gasteiger partial charge in [-0.25, -0.2) is 0 Å². The molecule has 4 heteroatoms. The van der Waals surface area contributed by atoms with Crippen LogP contribution in [0.25, 0.3) is 0 Å². The Bertz CT molecular complexity index is 179. The number of rotatable bonds is 9. The van der Waals surface area contributed by atoms with E-state index in [9.17, 15) is 0 Å². The molecule has 1 saturated heterocycles. The van der Waals surface area contributed by atoms with Gasteiger partial charge in [0.2, 0.25) is 0 Å². The molecule has 0 N–H and O–H groups in total. The highest BCUT2D eigenvalue weighted by atomic mass is 79.9. The Morgan fingerprint density at radius 2 is 2.18 bits per heavy atom. The van der Waals surface area contributed by atoms with Crippen molar-refractivity contribution in [2.24, 2.45) is 5.92 Å². The topological polar surface area (TPSA) is 21.7 Å². The minimum absolute atomic E-state index is 0.803. The summed E-state index contributed by atoms with van der Waals surface area (Å²) in [6, 6.07) is 0. The van der Waals surface area contributed by atoms with Gasteiger partial charge < -0.3 is 14.4 Å². The van der Waals surface area contributed by atoms with Gasteiger partial charge in [0, 0.05) is 38.7 Å². The van der Waals surface area contributed by atoms with Crippen molar-refractivity contribution in [2.75, 3.05) is 51.9 Å². The van der Waals surface area contributed by atoms with Crippen LogP contribution in [-0.4, -0.2) is 56.8 Å². The maximum absolute atomic E-state index is 5.60. The Labute approximate surface area is 114 Å². The zero-order valence-corrected chi connectivity index (χ0v) is 12.6. The lowest BCUT2D eigenvalue weighted by atomic mass is 9.96. The summed E-state index contributed by atoms with van der Waals surface area (Å²) >= 11 is 3.54. The van der Waals surface area contributed by atoms with E-state index >= 15 is 0 Å². The maximum atomic E-state index is 5.60. The van der Waals surface area contributed by atoms with Gasteiger partial charge in [-0.2, -0.15) is 0 Å². The molecule has 0 aromatic rings. The third-order valence-electron chi connectivity index (χ3n) is 3.31. The molecule has 0 saturated carbocycles. The van der Waals surface area contributed by atoms with Gasteiger partial charge in [0.15, 0.2) is 0 Å². The number of hydrogen-bond donors (Lipinski definition) is 0. The van der Waals surface area contributed by atoms with Crippen LogP contribution in [0.3, 0.4) is 0 Å². The largest absolute Gasteiger partial charge is 0.385 e. The number of methoxy groups -OCH3 is 1. The van der Waals surface area contributed by atoms with Crippen molar-refractivity contribution in [2.45, 2.75) is 25.7 Å². The number of nitrogens with zero attached hydrogens (tertiary/aromatic N) is 1. The second kappa shape index (κ2) is 10.3. The van der Waals surface area contributed by atoms with Gasteiger partial charge in [0.25, 0.3) is 0 Å². The molecule has 0 spiro atoms. The molecule has 102 valence electrons. The molecule has 1 aliphatic rings. The zero-order valence-electron chi connectivity index (χ0n) is 11.0. The van der Waals surface area contributed by atoms with E-state index in [2.05, 4.69) is 20.8 Å². The van der Waals surface area contributed by atoms with E-state index in [1.807, 2.05) is 0 Å². The van der Waals surface area contributed by atoms with E-state index in [1.165, 1.54) is 32.4 Å². The lowest BCUT2D eigenvalue weighted by Gasteiger charge is -2.32. The van der Waals surface area contributed by atoms with E-state index in [1.54, 1.807) is 7.11 Å². The first-order valence-electron chi connectivity index (χ1n) is 6.71. The fourth-order valence-corrected chi connectivity index (χ4v) is 2.99. The van der Waals surface area contributed by atoms with Crippen LogP contribution in [0.5, 0.6) is 0 Å². The molecule has 0 amide bonds. The zero-order chi connectivity index (χ0) is 12.3. The molecule has 0 aromatic carbocycles. The maximum Gasteiger partial charge on any atom is 0.0593 e. The van der Waals surface area contributed by atoms with E-state index in [0.29, 0.717) is 0 Å². The summed E-state index contributed by atoms with van der Waals surface area (Å²) in [5.41, 5.74) is 0. The van der Waals surface area contributed by atoms with Crippen LogP contribution in [-0.2, 0) is 9.47 Å². The fraction of sp³-hybridized carbons (Fsp3) is 1.00. The molecule has 1 rings (SSSR count). The standard InChI is InChI=1S/C13H26BrNO2/c1-16-9-3-10-17-11-8-15-7-2-4-13(12-15)5-6-14/h13H,2-12H2,1H3. The van der Waals surface area contributed by atoms with Crippen molar-refractivity contribution in [3.8, 4) is 0 Å². The third-order valence-corrected chi connectivity index (χ3v) is 3.77. The van der Waals surface area contributed by atoms with Gasteiger partial charge in [-0.1, -0.05) is 15.9 Å². The quantitative estimate of drug-likeness (QED) is 0.483. The van der Waals surface area contributed by atoms with E-state index in [0.717, 1.165) is 44.0 Å². The predicted octanol–water partition coefficient (Wildman–Crippen LogP) is 2.54. The van der Waals surface area contributed by atoms with E-state index in [4.69, 9.17) is 9.47 Å². The predicted molar refractivity (Wildman–Crippen MR) is 74.9 cm³/mol. The van der Waals surface area contributed by atoms with Crippen LogP contribution < -0.4 is 0 Å². The summed E-state index contributed by atoms with van der Waals surface area (Å²) in [6.07, 6.45) is 5.06. The summed E-state index contributed by atoms with van der Waals surface area (Å²) in [5.74, 6) is 0.886. The summed E-state index contributed by atoms with van der Waals surface area (Å²) in [7, 11) is 1.73. The summed E-state index contributed by atoms with van der Waals surface area (Å²) in [4.78, 5) is 2.55. The Morgan fingerprint density at radius 1 is 1.29 bits per heavy atom. The van der Waals surface area contributed by atoms with Gasteiger partial charge >= 0.3 is 0 Å². The molecule has 0 aromatic heterocycles. The molecule has 0 bridgehead atoms. The van der Waals surface area contributed by atoms with E-state index < -0.39 is 0 Å². The molecule has 17 heavy (non-hydrogen) atoms. The first-order chi connectivity index (χ1) is 8.36. The van der Waals surface area contributed by atoms with Crippen molar-refractivity contribution in [3.63, 3.8) is 0 Å². The molecule has 0 radical (unpaired) electrons. The van der Waals surface area contributed by atoms with E-state index in [-0.39, 0.29) is 0 Å². The Morgan fingerprint density at radius 3 is 2.94 bits per heavy atom. The van der Waals surface area contributed by atoms with Crippen LogP contribution in [0.4, 0.5) is 0 Å². The van der Waals surface area contributed by atoms with Gasteiger partial charge in [0.05, 0.1) is 6.61 Å². The lowest BCUT2D eigenvalue weighted by Crippen LogP contribution is -2.37. The van der Waals surface area contributed by atoms with Gasteiger partial charge in [-0.15, -0.1) is 0 Å². The van der Waals surface area contributed by atoms with Crippen LogP contribution in [0.2, 0.25) is 0 Å². The fourth-order valence-electron chi connectivity index (χ4n) is 2.35.